The number of hydrogen-bond donors (Lipinski definition) is 1. The Balaban J connectivity index is 2.09. The van der Waals surface area contributed by atoms with Crippen LogP contribution in [0.5, 0.6) is 0 Å². The van der Waals surface area contributed by atoms with Gasteiger partial charge in [0.25, 0.3) is 0 Å². The molecule has 1 aromatic rings. The number of rotatable bonds is 8. The number of aromatic nitrogens is 1. The Morgan fingerprint density at radius 1 is 1.47 bits per heavy atom. The smallest absolute Gasteiger partial charge is 0.0574 e. The van der Waals surface area contributed by atoms with E-state index in [2.05, 4.69) is 47.8 Å². The maximum Gasteiger partial charge on any atom is 0.0574 e. The largest absolute Gasteiger partial charge is 0.364 e. The summed E-state index contributed by atoms with van der Waals surface area (Å²) in [5.41, 5.74) is 2.36. The molecule has 1 N–H and O–H groups in total. The van der Waals surface area contributed by atoms with Crippen LogP contribution >= 0.6 is 0 Å². The molecule has 1 fully saturated rings. The van der Waals surface area contributed by atoms with E-state index in [1.54, 1.807) is 0 Å². The van der Waals surface area contributed by atoms with Crippen LogP contribution in [0.2, 0.25) is 0 Å². The normalized spacial score (nSPS) is 16.1. The van der Waals surface area contributed by atoms with Gasteiger partial charge in [0, 0.05) is 18.6 Å². The SMILES string of the molecule is C=CCN(c1ccc(C(CC)NCC)nc1)C1CC1. The van der Waals surface area contributed by atoms with Crippen molar-refractivity contribution < 1.29 is 0 Å². The standard InChI is InChI=1S/C16H25N3/c1-4-11-19(13-7-8-13)14-9-10-16(18-12-14)15(5-2)17-6-3/h4,9-10,12-13,15,17H,1,5-8,11H2,2-3H3. The highest BCUT2D eigenvalue weighted by Crippen LogP contribution is 2.31. The Labute approximate surface area is 116 Å². The van der Waals surface area contributed by atoms with E-state index in [1.165, 1.54) is 18.5 Å². The second-order valence-corrected chi connectivity index (χ2v) is 5.13. The molecule has 0 aromatic carbocycles. The van der Waals surface area contributed by atoms with Crippen molar-refractivity contribution >= 4 is 5.69 Å². The summed E-state index contributed by atoms with van der Waals surface area (Å²) in [5, 5.41) is 3.47. The maximum atomic E-state index is 4.64. The quantitative estimate of drug-likeness (QED) is 0.726. The van der Waals surface area contributed by atoms with Gasteiger partial charge in [-0.15, -0.1) is 6.58 Å². The Morgan fingerprint density at radius 2 is 2.26 bits per heavy atom. The highest BCUT2D eigenvalue weighted by atomic mass is 15.2. The van der Waals surface area contributed by atoms with Crippen molar-refractivity contribution in [3.8, 4) is 0 Å². The van der Waals surface area contributed by atoms with Crippen LogP contribution in [-0.4, -0.2) is 24.1 Å². The van der Waals surface area contributed by atoms with Crippen LogP contribution in [0.3, 0.4) is 0 Å². The molecule has 1 aromatic heterocycles. The van der Waals surface area contributed by atoms with Crippen LogP contribution in [0.25, 0.3) is 0 Å². The zero-order chi connectivity index (χ0) is 13.7. The average molecular weight is 259 g/mol. The highest BCUT2D eigenvalue weighted by molar-refractivity contribution is 5.48. The second kappa shape index (κ2) is 6.71. The predicted octanol–water partition coefficient (Wildman–Crippen LogP) is 3.30. The van der Waals surface area contributed by atoms with Crippen LogP contribution in [0.4, 0.5) is 5.69 Å². The van der Waals surface area contributed by atoms with Gasteiger partial charge in [0.2, 0.25) is 0 Å². The molecule has 0 amide bonds. The molecule has 1 aliphatic carbocycles. The Bertz CT molecular complexity index is 395. The van der Waals surface area contributed by atoms with E-state index in [-0.39, 0.29) is 0 Å². The van der Waals surface area contributed by atoms with Crippen molar-refractivity contribution in [2.75, 3.05) is 18.0 Å². The van der Waals surface area contributed by atoms with Crippen LogP contribution in [0.15, 0.2) is 31.0 Å². The molecule has 1 unspecified atom stereocenters. The molecule has 0 saturated heterocycles. The van der Waals surface area contributed by atoms with E-state index in [4.69, 9.17) is 0 Å². The van der Waals surface area contributed by atoms with Crippen molar-refractivity contribution in [2.45, 2.75) is 45.2 Å². The molecule has 1 saturated carbocycles. The molecule has 1 atom stereocenters. The van der Waals surface area contributed by atoms with Gasteiger partial charge in [0.1, 0.15) is 0 Å². The van der Waals surface area contributed by atoms with E-state index in [0.717, 1.165) is 25.2 Å². The topological polar surface area (TPSA) is 28.2 Å². The van der Waals surface area contributed by atoms with Gasteiger partial charge in [0.05, 0.1) is 17.6 Å². The molecule has 2 rings (SSSR count). The lowest BCUT2D eigenvalue weighted by molar-refractivity contribution is 0.525. The molecule has 1 heterocycles. The third-order valence-corrected chi connectivity index (χ3v) is 3.63. The summed E-state index contributed by atoms with van der Waals surface area (Å²) in [6.07, 6.45) is 7.64. The van der Waals surface area contributed by atoms with Crippen molar-refractivity contribution in [3.63, 3.8) is 0 Å². The van der Waals surface area contributed by atoms with Crippen molar-refractivity contribution in [1.29, 1.82) is 0 Å². The van der Waals surface area contributed by atoms with Gasteiger partial charge < -0.3 is 10.2 Å². The van der Waals surface area contributed by atoms with Gasteiger partial charge >= 0.3 is 0 Å². The van der Waals surface area contributed by atoms with Crippen LogP contribution in [0, 0.1) is 0 Å². The summed E-state index contributed by atoms with van der Waals surface area (Å²) >= 11 is 0. The summed E-state index contributed by atoms with van der Waals surface area (Å²) in [5.74, 6) is 0. The zero-order valence-electron chi connectivity index (χ0n) is 12.1. The monoisotopic (exact) mass is 259 g/mol. The van der Waals surface area contributed by atoms with Crippen LogP contribution in [-0.2, 0) is 0 Å². The second-order valence-electron chi connectivity index (χ2n) is 5.13. The first kappa shape index (κ1) is 14.1. The summed E-state index contributed by atoms with van der Waals surface area (Å²) < 4.78 is 0. The number of anilines is 1. The third kappa shape index (κ3) is 3.57. The lowest BCUT2D eigenvalue weighted by Gasteiger charge is -2.23. The zero-order valence-corrected chi connectivity index (χ0v) is 12.1. The van der Waals surface area contributed by atoms with Gasteiger partial charge in [0.15, 0.2) is 0 Å². The van der Waals surface area contributed by atoms with Crippen LogP contribution in [0.1, 0.15) is 44.8 Å². The Kier molecular flexibility index (Phi) is 4.97. The van der Waals surface area contributed by atoms with Crippen molar-refractivity contribution in [3.05, 3.63) is 36.7 Å². The fourth-order valence-electron chi connectivity index (χ4n) is 2.47. The third-order valence-electron chi connectivity index (χ3n) is 3.63. The minimum atomic E-state index is 0.368. The lowest BCUT2D eigenvalue weighted by Crippen LogP contribution is -2.26. The van der Waals surface area contributed by atoms with E-state index < -0.39 is 0 Å². The van der Waals surface area contributed by atoms with E-state index in [9.17, 15) is 0 Å². The Hall–Kier alpha value is -1.35. The van der Waals surface area contributed by atoms with Crippen molar-refractivity contribution in [2.24, 2.45) is 0 Å². The molecule has 0 aliphatic heterocycles. The first-order valence-electron chi connectivity index (χ1n) is 7.37. The molecule has 104 valence electrons. The van der Waals surface area contributed by atoms with Gasteiger partial charge in [-0.2, -0.15) is 0 Å². The summed E-state index contributed by atoms with van der Waals surface area (Å²) in [6.45, 7) is 10.1. The fourth-order valence-corrected chi connectivity index (χ4v) is 2.47. The number of nitrogens with zero attached hydrogens (tertiary/aromatic N) is 2. The molecule has 0 spiro atoms. The lowest BCUT2D eigenvalue weighted by atomic mass is 10.1. The van der Waals surface area contributed by atoms with Gasteiger partial charge in [-0.3, -0.25) is 4.98 Å². The Morgan fingerprint density at radius 3 is 2.74 bits per heavy atom. The molecule has 0 radical (unpaired) electrons. The number of pyridine rings is 1. The predicted molar refractivity (Wildman–Crippen MR) is 81.5 cm³/mol. The number of hydrogen-bond acceptors (Lipinski definition) is 3. The molecule has 1 aliphatic rings. The number of nitrogens with one attached hydrogen (secondary N) is 1. The molecule has 0 bridgehead atoms. The molecular formula is C16H25N3. The van der Waals surface area contributed by atoms with E-state index in [1.807, 2.05) is 12.3 Å². The minimum Gasteiger partial charge on any atom is -0.364 e. The average Bonchev–Trinajstić information content (AvgIpc) is 3.27. The summed E-state index contributed by atoms with van der Waals surface area (Å²) in [7, 11) is 0. The summed E-state index contributed by atoms with van der Waals surface area (Å²) in [6, 6.07) is 5.42. The molecule has 3 heteroatoms. The highest BCUT2D eigenvalue weighted by Gasteiger charge is 2.28. The summed E-state index contributed by atoms with van der Waals surface area (Å²) in [4.78, 5) is 7.04. The molecule has 19 heavy (non-hydrogen) atoms. The van der Waals surface area contributed by atoms with E-state index in [0.29, 0.717) is 12.1 Å². The van der Waals surface area contributed by atoms with Gasteiger partial charge in [-0.05, 0) is 37.9 Å². The minimum absolute atomic E-state index is 0.368. The first-order chi connectivity index (χ1) is 9.30. The van der Waals surface area contributed by atoms with Gasteiger partial charge in [-0.1, -0.05) is 19.9 Å². The molecule has 3 nitrogen and oxygen atoms in total. The van der Waals surface area contributed by atoms with E-state index >= 15 is 0 Å². The maximum absolute atomic E-state index is 4.64. The molecular weight excluding hydrogens is 234 g/mol. The van der Waals surface area contributed by atoms with Crippen molar-refractivity contribution in [1.82, 2.24) is 10.3 Å². The fraction of sp³-hybridized carbons (Fsp3) is 0.562. The first-order valence-corrected chi connectivity index (χ1v) is 7.37. The van der Waals surface area contributed by atoms with Gasteiger partial charge in [-0.25, -0.2) is 0 Å². The van der Waals surface area contributed by atoms with Crippen LogP contribution < -0.4 is 10.2 Å².